The molecule has 0 saturated carbocycles. The zero-order chi connectivity index (χ0) is 15.4. The van der Waals surface area contributed by atoms with Gasteiger partial charge in [0.15, 0.2) is 6.54 Å². The number of nitrogens with one attached hydrogen (secondary N) is 2. The first kappa shape index (κ1) is 15.9. The Labute approximate surface area is 132 Å². The fourth-order valence-electron chi connectivity index (χ4n) is 1.98. The summed E-state index contributed by atoms with van der Waals surface area (Å²) in [7, 11) is 1.96. The van der Waals surface area contributed by atoms with Gasteiger partial charge < -0.3 is 10.2 Å². The fraction of sp³-hybridized carbons (Fsp3) is 0.267. The third kappa shape index (κ3) is 4.52. The normalized spacial score (nSPS) is 12.2. The highest BCUT2D eigenvalue weighted by Crippen LogP contribution is 2.22. The van der Waals surface area contributed by atoms with Crippen LogP contribution in [0.15, 0.2) is 29.6 Å². The van der Waals surface area contributed by atoms with Crippen molar-refractivity contribution >= 4 is 34.5 Å². The Balaban J connectivity index is 1.90. The number of amides is 1. The van der Waals surface area contributed by atoms with E-state index in [2.05, 4.69) is 23.7 Å². The quantitative estimate of drug-likeness (QED) is 0.869. The molecule has 3 nitrogen and oxygen atoms in total. The van der Waals surface area contributed by atoms with Crippen LogP contribution in [0.5, 0.6) is 0 Å². The van der Waals surface area contributed by atoms with E-state index < -0.39 is 5.82 Å². The first-order chi connectivity index (χ1) is 9.95. The Kier molecular flexibility index (Phi) is 5.33. The number of rotatable bonds is 5. The van der Waals surface area contributed by atoms with Crippen LogP contribution in [0, 0.1) is 12.7 Å². The number of thiophene rings is 1. The fourth-order valence-corrected chi connectivity index (χ4v) is 3.22. The standard InChI is InChI=1S/C15H16ClFN2OS/c1-10-5-6-21-14(10)8-19(2)9-15(20)18-13-4-3-11(17)7-12(13)16/h3-7H,8-9H2,1-2H3,(H,18,20)/p+1. The summed E-state index contributed by atoms with van der Waals surface area (Å²) in [5.41, 5.74) is 1.68. The molecule has 2 rings (SSSR count). The van der Waals surface area contributed by atoms with Crippen molar-refractivity contribution in [3.63, 3.8) is 0 Å². The van der Waals surface area contributed by atoms with Gasteiger partial charge in [0.25, 0.3) is 5.91 Å². The van der Waals surface area contributed by atoms with E-state index in [9.17, 15) is 9.18 Å². The van der Waals surface area contributed by atoms with Crippen LogP contribution in [0.3, 0.4) is 0 Å². The van der Waals surface area contributed by atoms with Crippen LogP contribution < -0.4 is 10.2 Å². The summed E-state index contributed by atoms with van der Waals surface area (Å²) in [5, 5.41) is 4.96. The molecule has 0 bridgehead atoms. The van der Waals surface area contributed by atoms with E-state index in [0.29, 0.717) is 12.2 Å². The van der Waals surface area contributed by atoms with Gasteiger partial charge in [0.2, 0.25) is 0 Å². The average Bonchev–Trinajstić information content (AvgIpc) is 2.78. The van der Waals surface area contributed by atoms with Gasteiger partial charge in [-0.1, -0.05) is 11.6 Å². The first-order valence-corrected chi connectivity index (χ1v) is 7.80. The number of aryl methyl sites for hydroxylation is 1. The Bertz CT molecular complexity index is 644. The first-order valence-electron chi connectivity index (χ1n) is 6.55. The second kappa shape index (κ2) is 7.02. The number of halogens is 2. The van der Waals surface area contributed by atoms with E-state index in [4.69, 9.17) is 11.6 Å². The van der Waals surface area contributed by atoms with Crippen molar-refractivity contribution in [2.24, 2.45) is 0 Å². The number of carbonyl (C=O) groups excluding carboxylic acids is 1. The van der Waals surface area contributed by atoms with Gasteiger partial charge in [-0.25, -0.2) is 4.39 Å². The molecule has 1 atom stereocenters. The monoisotopic (exact) mass is 327 g/mol. The highest BCUT2D eigenvalue weighted by atomic mass is 35.5. The summed E-state index contributed by atoms with van der Waals surface area (Å²) in [4.78, 5) is 14.4. The maximum atomic E-state index is 12.9. The smallest absolute Gasteiger partial charge is 0.279 e. The van der Waals surface area contributed by atoms with E-state index in [1.807, 2.05) is 7.05 Å². The molecular formula is C15H17ClFN2OS+. The van der Waals surface area contributed by atoms with Crippen molar-refractivity contribution in [2.75, 3.05) is 18.9 Å². The lowest BCUT2D eigenvalue weighted by Gasteiger charge is -2.14. The Morgan fingerprint density at radius 3 is 2.81 bits per heavy atom. The Hall–Kier alpha value is -1.43. The molecule has 21 heavy (non-hydrogen) atoms. The summed E-state index contributed by atoms with van der Waals surface area (Å²) in [6, 6.07) is 6.00. The van der Waals surface area contributed by atoms with Gasteiger partial charge in [-0.2, -0.15) is 0 Å². The van der Waals surface area contributed by atoms with E-state index in [0.717, 1.165) is 11.4 Å². The minimum Gasteiger partial charge on any atom is -0.325 e. The van der Waals surface area contributed by atoms with Crippen LogP contribution >= 0.6 is 22.9 Å². The van der Waals surface area contributed by atoms with Crippen molar-refractivity contribution < 1.29 is 14.1 Å². The summed E-state index contributed by atoms with van der Waals surface area (Å²) < 4.78 is 12.9. The van der Waals surface area contributed by atoms with Crippen LogP contribution in [0.4, 0.5) is 10.1 Å². The molecule has 0 fully saturated rings. The maximum absolute atomic E-state index is 12.9. The van der Waals surface area contributed by atoms with Gasteiger partial charge in [0.1, 0.15) is 12.4 Å². The van der Waals surface area contributed by atoms with Crippen LogP contribution in [0.1, 0.15) is 10.4 Å². The van der Waals surface area contributed by atoms with E-state index in [1.165, 1.54) is 28.6 Å². The molecule has 0 aliphatic carbocycles. The van der Waals surface area contributed by atoms with Gasteiger partial charge in [-0.3, -0.25) is 4.79 Å². The van der Waals surface area contributed by atoms with Crippen molar-refractivity contribution in [1.29, 1.82) is 0 Å². The molecule has 0 aliphatic heterocycles. The van der Waals surface area contributed by atoms with Crippen LogP contribution in [0.25, 0.3) is 0 Å². The van der Waals surface area contributed by atoms with E-state index in [-0.39, 0.29) is 10.9 Å². The molecule has 0 spiro atoms. The second-order valence-electron chi connectivity index (χ2n) is 5.01. The summed E-state index contributed by atoms with van der Waals surface area (Å²) in [5.74, 6) is -0.566. The van der Waals surface area contributed by atoms with Crippen molar-refractivity contribution in [3.05, 3.63) is 50.9 Å². The molecule has 112 valence electrons. The van der Waals surface area contributed by atoms with Crippen LogP contribution in [0.2, 0.25) is 5.02 Å². The van der Waals surface area contributed by atoms with Crippen LogP contribution in [-0.4, -0.2) is 19.5 Å². The molecule has 1 amide bonds. The van der Waals surface area contributed by atoms with Gasteiger partial charge in [0, 0.05) is 0 Å². The van der Waals surface area contributed by atoms with Crippen LogP contribution in [-0.2, 0) is 11.3 Å². The number of hydrogen-bond donors (Lipinski definition) is 2. The van der Waals surface area contributed by atoms with Crippen molar-refractivity contribution in [3.8, 4) is 0 Å². The predicted octanol–water partition coefficient (Wildman–Crippen LogP) is 2.50. The molecule has 2 N–H and O–H groups in total. The molecule has 0 aliphatic rings. The molecule has 1 aromatic carbocycles. The van der Waals surface area contributed by atoms with E-state index in [1.54, 1.807) is 11.3 Å². The molecule has 1 unspecified atom stereocenters. The number of anilines is 1. The maximum Gasteiger partial charge on any atom is 0.279 e. The second-order valence-corrected chi connectivity index (χ2v) is 6.42. The minimum absolute atomic E-state index is 0.143. The number of hydrogen-bond acceptors (Lipinski definition) is 2. The number of benzene rings is 1. The van der Waals surface area contributed by atoms with Crippen molar-refractivity contribution in [1.82, 2.24) is 0 Å². The predicted molar refractivity (Wildman–Crippen MR) is 84.6 cm³/mol. The SMILES string of the molecule is Cc1ccsc1C[NH+](C)CC(=O)Nc1ccc(F)cc1Cl. The lowest BCUT2D eigenvalue weighted by Crippen LogP contribution is -3.08. The number of carbonyl (C=O) groups is 1. The lowest BCUT2D eigenvalue weighted by molar-refractivity contribution is -0.884. The molecule has 1 aromatic heterocycles. The average molecular weight is 328 g/mol. The van der Waals surface area contributed by atoms with Gasteiger partial charge in [-0.05, 0) is 42.1 Å². The topological polar surface area (TPSA) is 33.5 Å². The Morgan fingerprint density at radius 1 is 1.43 bits per heavy atom. The molecule has 0 radical (unpaired) electrons. The molecular weight excluding hydrogens is 311 g/mol. The molecule has 6 heteroatoms. The number of quaternary nitrogens is 1. The highest BCUT2D eigenvalue weighted by molar-refractivity contribution is 7.10. The lowest BCUT2D eigenvalue weighted by atomic mass is 10.3. The number of likely N-dealkylation sites (N-methyl/N-ethyl adjacent to an activating group) is 1. The van der Waals surface area contributed by atoms with E-state index >= 15 is 0 Å². The highest BCUT2D eigenvalue weighted by Gasteiger charge is 2.14. The molecule has 0 saturated heterocycles. The molecule has 2 aromatic rings. The van der Waals surface area contributed by atoms with Gasteiger partial charge in [-0.15, -0.1) is 11.3 Å². The zero-order valence-corrected chi connectivity index (χ0v) is 13.4. The van der Waals surface area contributed by atoms with Crippen molar-refractivity contribution in [2.45, 2.75) is 13.5 Å². The van der Waals surface area contributed by atoms with Gasteiger partial charge in [0.05, 0.1) is 22.6 Å². The Morgan fingerprint density at radius 2 is 2.19 bits per heavy atom. The third-order valence-electron chi connectivity index (χ3n) is 3.10. The third-order valence-corrected chi connectivity index (χ3v) is 4.43. The summed E-state index contributed by atoms with van der Waals surface area (Å²) >= 11 is 7.58. The minimum atomic E-state index is -0.422. The molecule has 1 heterocycles. The summed E-state index contributed by atoms with van der Waals surface area (Å²) in [6.07, 6.45) is 0. The largest absolute Gasteiger partial charge is 0.325 e. The van der Waals surface area contributed by atoms with Gasteiger partial charge >= 0.3 is 0 Å². The zero-order valence-electron chi connectivity index (χ0n) is 11.9. The summed E-state index contributed by atoms with van der Waals surface area (Å²) in [6.45, 7) is 3.19.